The molecular formula is C9H10FN3O. The second-order valence-corrected chi connectivity index (χ2v) is 3.09. The second-order valence-electron chi connectivity index (χ2n) is 3.09. The second kappa shape index (κ2) is 3.36. The zero-order valence-electron chi connectivity index (χ0n) is 7.66. The van der Waals surface area contributed by atoms with Crippen molar-refractivity contribution in [3.05, 3.63) is 29.8 Å². The van der Waals surface area contributed by atoms with Gasteiger partial charge in [-0.05, 0) is 6.07 Å². The fourth-order valence-electron chi connectivity index (χ4n) is 1.48. The van der Waals surface area contributed by atoms with E-state index in [0.717, 1.165) is 16.7 Å². The van der Waals surface area contributed by atoms with E-state index in [-0.39, 0.29) is 5.82 Å². The maximum Gasteiger partial charge on any atom is 0.143 e. The highest BCUT2D eigenvalue weighted by atomic mass is 19.1. The summed E-state index contributed by atoms with van der Waals surface area (Å²) in [7, 11) is 1.80. The Balaban J connectivity index is 2.62. The van der Waals surface area contributed by atoms with Gasteiger partial charge in [-0.15, -0.1) is 0 Å². The fraction of sp³-hybridized carbons (Fsp3) is 0.222. The standard InChI is InChI=1S/C9H10FN3O/c1-13-7(5-12-14)3-8-9(13)2-6(10)4-11-8/h2-4,12,14H,5H2,1H3. The first-order chi connectivity index (χ1) is 6.72. The first-order valence-corrected chi connectivity index (χ1v) is 4.19. The molecule has 0 saturated carbocycles. The SMILES string of the molecule is Cn1c(CNO)cc2ncc(F)cc21. The summed E-state index contributed by atoms with van der Waals surface area (Å²) in [5, 5.41) is 8.57. The van der Waals surface area contributed by atoms with E-state index in [1.165, 1.54) is 12.3 Å². The zero-order valence-corrected chi connectivity index (χ0v) is 7.66. The van der Waals surface area contributed by atoms with E-state index in [4.69, 9.17) is 5.21 Å². The Labute approximate surface area is 79.9 Å². The van der Waals surface area contributed by atoms with Crippen molar-refractivity contribution in [3.63, 3.8) is 0 Å². The van der Waals surface area contributed by atoms with Gasteiger partial charge in [0.25, 0.3) is 0 Å². The van der Waals surface area contributed by atoms with E-state index >= 15 is 0 Å². The number of hydroxylamine groups is 1. The van der Waals surface area contributed by atoms with Crippen LogP contribution in [0.4, 0.5) is 4.39 Å². The molecule has 2 N–H and O–H groups in total. The lowest BCUT2D eigenvalue weighted by molar-refractivity contribution is 0.159. The highest BCUT2D eigenvalue weighted by Crippen LogP contribution is 2.17. The lowest BCUT2D eigenvalue weighted by atomic mass is 10.3. The number of nitrogens with zero attached hydrogens (tertiary/aromatic N) is 2. The molecule has 0 spiro atoms. The Morgan fingerprint density at radius 1 is 1.57 bits per heavy atom. The van der Waals surface area contributed by atoms with E-state index < -0.39 is 0 Å². The van der Waals surface area contributed by atoms with Crippen LogP contribution < -0.4 is 5.48 Å². The van der Waals surface area contributed by atoms with Crippen LogP contribution in [-0.2, 0) is 13.6 Å². The van der Waals surface area contributed by atoms with Crippen molar-refractivity contribution in [2.75, 3.05) is 0 Å². The molecule has 2 rings (SSSR count). The van der Waals surface area contributed by atoms with Crippen molar-refractivity contribution in [2.24, 2.45) is 7.05 Å². The summed E-state index contributed by atoms with van der Waals surface area (Å²) < 4.78 is 14.7. The van der Waals surface area contributed by atoms with Crippen molar-refractivity contribution in [1.82, 2.24) is 15.0 Å². The summed E-state index contributed by atoms with van der Waals surface area (Å²) >= 11 is 0. The van der Waals surface area contributed by atoms with Crippen LogP contribution in [0.3, 0.4) is 0 Å². The molecule has 0 aliphatic rings. The number of rotatable bonds is 2. The molecule has 2 heterocycles. The zero-order chi connectivity index (χ0) is 10.1. The van der Waals surface area contributed by atoms with Crippen LogP contribution in [0.5, 0.6) is 0 Å². The molecule has 2 aromatic rings. The summed E-state index contributed by atoms with van der Waals surface area (Å²) in [6.07, 6.45) is 1.18. The van der Waals surface area contributed by atoms with Gasteiger partial charge >= 0.3 is 0 Å². The predicted octanol–water partition coefficient (Wildman–Crippen LogP) is 1.19. The van der Waals surface area contributed by atoms with Gasteiger partial charge in [-0.25, -0.2) is 4.39 Å². The summed E-state index contributed by atoms with van der Waals surface area (Å²) in [6, 6.07) is 3.22. The summed E-state index contributed by atoms with van der Waals surface area (Å²) in [5.41, 5.74) is 4.35. The molecule has 74 valence electrons. The number of hydrogen-bond donors (Lipinski definition) is 2. The first-order valence-electron chi connectivity index (χ1n) is 4.19. The van der Waals surface area contributed by atoms with Gasteiger partial charge in [0.2, 0.25) is 0 Å². The number of nitrogens with one attached hydrogen (secondary N) is 1. The van der Waals surface area contributed by atoms with Crippen LogP contribution >= 0.6 is 0 Å². The average molecular weight is 195 g/mol. The van der Waals surface area contributed by atoms with Crippen LogP contribution in [0.25, 0.3) is 11.0 Å². The summed E-state index contributed by atoms with van der Waals surface area (Å²) in [4.78, 5) is 3.94. The normalized spacial score (nSPS) is 11.1. The third kappa shape index (κ3) is 1.36. The number of aromatic nitrogens is 2. The molecule has 0 atom stereocenters. The molecular weight excluding hydrogens is 185 g/mol. The minimum Gasteiger partial charge on any atom is -0.345 e. The first kappa shape index (κ1) is 9.11. The third-order valence-corrected chi connectivity index (χ3v) is 2.22. The number of fused-ring (bicyclic) bond motifs is 1. The Bertz CT molecular complexity index is 466. The molecule has 2 aromatic heterocycles. The van der Waals surface area contributed by atoms with Crippen molar-refractivity contribution >= 4 is 11.0 Å². The molecule has 0 bridgehead atoms. The highest BCUT2D eigenvalue weighted by molar-refractivity contribution is 5.76. The summed E-state index contributed by atoms with van der Waals surface area (Å²) in [5.74, 6) is -0.359. The van der Waals surface area contributed by atoms with Crippen LogP contribution in [-0.4, -0.2) is 14.8 Å². The van der Waals surface area contributed by atoms with Crippen molar-refractivity contribution in [3.8, 4) is 0 Å². The lowest BCUT2D eigenvalue weighted by Crippen LogP contribution is -2.09. The average Bonchev–Trinajstić information content (AvgIpc) is 2.46. The van der Waals surface area contributed by atoms with E-state index in [1.54, 1.807) is 17.7 Å². The molecule has 0 amide bonds. The molecule has 0 aliphatic carbocycles. The van der Waals surface area contributed by atoms with Gasteiger partial charge in [0, 0.05) is 18.8 Å². The van der Waals surface area contributed by atoms with Crippen LogP contribution in [0, 0.1) is 5.82 Å². The molecule has 0 aromatic carbocycles. The minimum absolute atomic E-state index is 0.314. The van der Waals surface area contributed by atoms with E-state index in [2.05, 4.69) is 10.5 Å². The maximum absolute atomic E-state index is 12.9. The monoisotopic (exact) mass is 195 g/mol. The quantitative estimate of drug-likeness (QED) is 0.708. The van der Waals surface area contributed by atoms with Gasteiger partial charge in [0.1, 0.15) is 5.82 Å². The Hall–Kier alpha value is -1.46. The molecule has 0 unspecified atom stereocenters. The maximum atomic E-state index is 12.9. The van der Waals surface area contributed by atoms with Gasteiger partial charge in [-0.2, -0.15) is 5.48 Å². The van der Waals surface area contributed by atoms with Crippen LogP contribution in [0.15, 0.2) is 18.3 Å². The fourth-order valence-corrected chi connectivity index (χ4v) is 1.48. The number of aryl methyl sites for hydroxylation is 1. The van der Waals surface area contributed by atoms with Gasteiger partial charge in [-0.1, -0.05) is 0 Å². The van der Waals surface area contributed by atoms with Gasteiger partial charge in [-0.3, -0.25) is 4.98 Å². The van der Waals surface area contributed by atoms with Gasteiger partial charge < -0.3 is 9.77 Å². The third-order valence-electron chi connectivity index (χ3n) is 2.22. The molecule has 4 nitrogen and oxygen atoms in total. The van der Waals surface area contributed by atoms with E-state index in [9.17, 15) is 4.39 Å². The van der Waals surface area contributed by atoms with Gasteiger partial charge in [0.15, 0.2) is 0 Å². The number of halogens is 1. The predicted molar refractivity (Wildman–Crippen MR) is 49.3 cm³/mol. The van der Waals surface area contributed by atoms with Crippen LogP contribution in [0.1, 0.15) is 5.69 Å². The van der Waals surface area contributed by atoms with Crippen molar-refractivity contribution in [1.29, 1.82) is 0 Å². The lowest BCUT2D eigenvalue weighted by Gasteiger charge is -2.01. The number of pyridine rings is 1. The Morgan fingerprint density at radius 3 is 3.07 bits per heavy atom. The molecule has 5 heteroatoms. The van der Waals surface area contributed by atoms with Crippen molar-refractivity contribution in [2.45, 2.75) is 6.54 Å². The van der Waals surface area contributed by atoms with Crippen molar-refractivity contribution < 1.29 is 9.60 Å². The van der Waals surface area contributed by atoms with E-state index in [1.807, 2.05) is 0 Å². The smallest absolute Gasteiger partial charge is 0.143 e. The molecule has 14 heavy (non-hydrogen) atoms. The molecule has 0 fully saturated rings. The number of hydrogen-bond acceptors (Lipinski definition) is 3. The molecule has 0 saturated heterocycles. The highest BCUT2D eigenvalue weighted by Gasteiger charge is 2.06. The molecule has 0 aliphatic heterocycles. The largest absolute Gasteiger partial charge is 0.345 e. The minimum atomic E-state index is -0.359. The van der Waals surface area contributed by atoms with Crippen LogP contribution in [0.2, 0.25) is 0 Å². The Kier molecular flexibility index (Phi) is 2.18. The van der Waals surface area contributed by atoms with Gasteiger partial charge in [0.05, 0.1) is 23.8 Å². The Morgan fingerprint density at radius 2 is 2.36 bits per heavy atom. The topological polar surface area (TPSA) is 50.1 Å². The summed E-state index contributed by atoms with van der Waals surface area (Å²) in [6.45, 7) is 0.314. The van der Waals surface area contributed by atoms with E-state index in [0.29, 0.717) is 6.54 Å². The molecule has 0 radical (unpaired) electrons.